The first-order valence-corrected chi connectivity index (χ1v) is 4.98. The van der Waals surface area contributed by atoms with E-state index in [9.17, 15) is 4.79 Å². The molecule has 0 bridgehead atoms. The number of hydrogen-bond acceptors (Lipinski definition) is 2. The maximum absolute atomic E-state index is 11.1. The average molecular weight is 201 g/mol. The van der Waals surface area contributed by atoms with Crippen molar-refractivity contribution in [1.82, 2.24) is 0 Å². The Labute approximate surface area is 90.9 Å². The minimum atomic E-state index is 0.0848. The largest absolute Gasteiger partial charge is 0.361 e. The Bertz CT molecular complexity index is 373. The Balaban J connectivity index is 2.87. The predicted octanol–water partition coefficient (Wildman–Crippen LogP) is 2.35. The normalized spacial score (nSPS) is 9.40. The molecule has 0 spiro atoms. The van der Waals surface area contributed by atoms with Gasteiger partial charge >= 0.3 is 0 Å². The van der Waals surface area contributed by atoms with Gasteiger partial charge in [-0.15, -0.1) is 6.42 Å². The Morgan fingerprint density at radius 2 is 2.00 bits per heavy atom. The summed E-state index contributed by atoms with van der Waals surface area (Å²) in [7, 11) is 0. The molecule has 0 radical (unpaired) electrons. The zero-order valence-electron chi connectivity index (χ0n) is 9.16. The van der Waals surface area contributed by atoms with Crippen LogP contribution in [0.5, 0.6) is 0 Å². The van der Waals surface area contributed by atoms with Crippen molar-refractivity contribution < 1.29 is 4.79 Å². The number of Topliss-reactive ketones (excluding diaryl/α,β-unsaturated/α-hetero) is 1. The van der Waals surface area contributed by atoms with Crippen LogP contribution in [0.15, 0.2) is 24.3 Å². The van der Waals surface area contributed by atoms with E-state index in [1.165, 1.54) is 0 Å². The summed E-state index contributed by atoms with van der Waals surface area (Å²) in [5.41, 5.74) is 1.79. The second-order valence-corrected chi connectivity index (χ2v) is 3.32. The molecule has 0 N–H and O–H groups in total. The molecule has 15 heavy (non-hydrogen) atoms. The Morgan fingerprint density at radius 1 is 1.40 bits per heavy atom. The lowest BCUT2D eigenvalue weighted by Gasteiger charge is -2.20. The minimum absolute atomic E-state index is 0.0848. The molecule has 0 atom stereocenters. The van der Waals surface area contributed by atoms with Gasteiger partial charge in [-0.25, -0.2) is 0 Å². The van der Waals surface area contributed by atoms with Crippen LogP contribution in [-0.2, 0) is 0 Å². The Hall–Kier alpha value is -1.75. The van der Waals surface area contributed by atoms with E-state index in [2.05, 4.69) is 17.7 Å². The maximum atomic E-state index is 11.1. The fraction of sp³-hybridized carbons (Fsp3) is 0.308. The molecular weight excluding hydrogens is 186 g/mol. The summed E-state index contributed by atoms with van der Waals surface area (Å²) in [6.45, 7) is 5.07. The SMILES string of the molecule is C#CCN(CC)c1ccc(C(C)=O)cc1. The molecule has 0 saturated heterocycles. The summed E-state index contributed by atoms with van der Waals surface area (Å²) < 4.78 is 0. The molecule has 2 heteroatoms. The van der Waals surface area contributed by atoms with Gasteiger partial charge in [0.1, 0.15) is 0 Å². The third-order valence-electron chi connectivity index (χ3n) is 2.30. The molecular formula is C13H15NO. The standard InChI is InChI=1S/C13H15NO/c1-4-10-14(5-2)13-8-6-12(7-9-13)11(3)15/h1,6-9H,5,10H2,2-3H3. The molecule has 0 aliphatic carbocycles. The molecule has 1 rings (SSSR count). The van der Waals surface area contributed by atoms with E-state index in [0.29, 0.717) is 6.54 Å². The van der Waals surface area contributed by atoms with Crippen LogP contribution in [0.1, 0.15) is 24.2 Å². The number of rotatable bonds is 4. The fourth-order valence-electron chi connectivity index (χ4n) is 1.40. The molecule has 0 heterocycles. The van der Waals surface area contributed by atoms with Crippen LogP contribution < -0.4 is 4.90 Å². The summed E-state index contributed by atoms with van der Waals surface area (Å²) in [6, 6.07) is 7.52. The topological polar surface area (TPSA) is 20.3 Å². The molecule has 1 aromatic carbocycles. The lowest BCUT2D eigenvalue weighted by molar-refractivity contribution is 0.101. The summed E-state index contributed by atoms with van der Waals surface area (Å²) in [5.74, 6) is 2.70. The smallest absolute Gasteiger partial charge is 0.159 e. The van der Waals surface area contributed by atoms with Crippen LogP contribution in [0.25, 0.3) is 0 Å². The van der Waals surface area contributed by atoms with Crippen molar-refractivity contribution in [1.29, 1.82) is 0 Å². The monoisotopic (exact) mass is 201 g/mol. The van der Waals surface area contributed by atoms with Crippen LogP contribution in [-0.4, -0.2) is 18.9 Å². The number of hydrogen-bond donors (Lipinski definition) is 0. The number of carbonyl (C=O) groups is 1. The van der Waals surface area contributed by atoms with Crippen molar-refractivity contribution in [3.05, 3.63) is 29.8 Å². The van der Waals surface area contributed by atoms with E-state index in [4.69, 9.17) is 6.42 Å². The lowest BCUT2D eigenvalue weighted by Crippen LogP contribution is -2.22. The van der Waals surface area contributed by atoms with Gasteiger partial charge in [-0.05, 0) is 38.1 Å². The molecule has 0 fully saturated rings. The van der Waals surface area contributed by atoms with Gasteiger partial charge in [-0.2, -0.15) is 0 Å². The first-order chi connectivity index (χ1) is 7.19. The number of terminal acetylenes is 1. The van der Waals surface area contributed by atoms with E-state index >= 15 is 0 Å². The van der Waals surface area contributed by atoms with Gasteiger partial charge in [-0.3, -0.25) is 4.79 Å². The highest BCUT2D eigenvalue weighted by Gasteiger charge is 2.03. The highest BCUT2D eigenvalue weighted by Crippen LogP contribution is 2.14. The zero-order valence-corrected chi connectivity index (χ0v) is 9.16. The van der Waals surface area contributed by atoms with Crippen molar-refractivity contribution in [2.75, 3.05) is 18.0 Å². The van der Waals surface area contributed by atoms with Crippen molar-refractivity contribution in [2.45, 2.75) is 13.8 Å². The molecule has 78 valence electrons. The van der Waals surface area contributed by atoms with E-state index in [1.807, 2.05) is 24.3 Å². The second-order valence-electron chi connectivity index (χ2n) is 3.32. The van der Waals surface area contributed by atoms with E-state index in [1.54, 1.807) is 6.92 Å². The van der Waals surface area contributed by atoms with Crippen LogP contribution in [0.4, 0.5) is 5.69 Å². The summed E-state index contributed by atoms with van der Waals surface area (Å²) in [5, 5.41) is 0. The van der Waals surface area contributed by atoms with Crippen molar-refractivity contribution >= 4 is 11.5 Å². The number of nitrogens with zero attached hydrogens (tertiary/aromatic N) is 1. The van der Waals surface area contributed by atoms with Crippen LogP contribution >= 0.6 is 0 Å². The second kappa shape index (κ2) is 5.21. The minimum Gasteiger partial charge on any atom is -0.361 e. The number of benzene rings is 1. The van der Waals surface area contributed by atoms with Gasteiger partial charge < -0.3 is 4.90 Å². The Kier molecular flexibility index (Phi) is 3.93. The fourth-order valence-corrected chi connectivity index (χ4v) is 1.40. The van der Waals surface area contributed by atoms with Crippen molar-refractivity contribution in [2.24, 2.45) is 0 Å². The first-order valence-electron chi connectivity index (χ1n) is 4.98. The number of carbonyl (C=O) groups excluding carboxylic acids is 1. The molecule has 1 aromatic rings. The van der Waals surface area contributed by atoms with Crippen molar-refractivity contribution in [3.63, 3.8) is 0 Å². The highest BCUT2D eigenvalue weighted by atomic mass is 16.1. The predicted molar refractivity (Wildman–Crippen MR) is 63.2 cm³/mol. The molecule has 0 aliphatic heterocycles. The van der Waals surface area contributed by atoms with E-state index in [-0.39, 0.29) is 5.78 Å². The van der Waals surface area contributed by atoms with E-state index < -0.39 is 0 Å². The van der Waals surface area contributed by atoms with Crippen LogP contribution in [0.3, 0.4) is 0 Å². The summed E-state index contributed by atoms with van der Waals surface area (Å²) >= 11 is 0. The summed E-state index contributed by atoms with van der Waals surface area (Å²) in [4.78, 5) is 13.1. The van der Waals surface area contributed by atoms with Gasteiger partial charge in [0.05, 0.1) is 6.54 Å². The van der Waals surface area contributed by atoms with Gasteiger partial charge in [-0.1, -0.05) is 5.92 Å². The van der Waals surface area contributed by atoms with Gasteiger partial charge in [0.25, 0.3) is 0 Å². The third kappa shape index (κ3) is 2.85. The number of anilines is 1. The molecule has 2 nitrogen and oxygen atoms in total. The molecule has 0 amide bonds. The van der Waals surface area contributed by atoms with E-state index in [0.717, 1.165) is 17.8 Å². The van der Waals surface area contributed by atoms with Crippen LogP contribution in [0, 0.1) is 12.3 Å². The average Bonchev–Trinajstić information content (AvgIpc) is 2.26. The van der Waals surface area contributed by atoms with Crippen LogP contribution in [0.2, 0.25) is 0 Å². The molecule has 0 unspecified atom stereocenters. The molecule has 0 aliphatic rings. The van der Waals surface area contributed by atoms with Crippen molar-refractivity contribution in [3.8, 4) is 12.3 Å². The maximum Gasteiger partial charge on any atom is 0.159 e. The first kappa shape index (κ1) is 11.3. The molecule has 0 saturated carbocycles. The Morgan fingerprint density at radius 3 is 2.40 bits per heavy atom. The van der Waals surface area contributed by atoms with Gasteiger partial charge in [0.2, 0.25) is 0 Å². The third-order valence-corrected chi connectivity index (χ3v) is 2.30. The molecule has 0 aromatic heterocycles. The quantitative estimate of drug-likeness (QED) is 0.550. The zero-order chi connectivity index (χ0) is 11.3. The summed E-state index contributed by atoms with van der Waals surface area (Å²) in [6.07, 6.45) is 5.27. The van der Waals surface area contributed by atoms with Gasteiger partial charge in [0.15, 0.2) is 5.78 Å². The highest BCUT2D eigenvalue weighted by molar-refractivity contribution is 5.94. The lowest BCUT2D eigenvalue weighted by atomic mass is 10.1. The van der Waals surface area contributed by atoms with Gasteiger partial charge in [0, 0.05) is 17.8 Å². The number of ketones is 1.